The summed E-state index contributed by atoms with van der Waals surface area (Å²) in [6.07, 6.45) is -0.496. The SMILES string of the molecule is CCN(C(=O)CN1C[C@@H](O)CO1)c1ccccc1. The molecule has 1 fully saturated rings. The lowest BCUT2D eigenvalue weighted by Crippen LogP contribution is -2.39. The average molecular weight is 250 g/mol. The van der Waals surface area contributed by atoms with E-state index in [-0.39, 0.29) is 19.1 Å². The van der Waals surface area contributed by atoms with Crippen LogP contribution in [0.2, 0.25) is 0 Å². The second kappa shape index (κ2) is 5.95. The van der Waals surface area contributed by atoms with Crippen LogP contribution in [0.1, 0.15) is 6.92 Å². The molecule has 5 heteroatoms. The second-order valence-corrected chi connectivity index (χ2v) is 4.25. The Bertz CT molecular complexity index is 396. The summed E-state index contributed by atoms with van der Waals surface area (Å²) in [6, 6.07) is 9.53. The first-order valence-corrected chi connectivity index (χ1v) is 6.12. The van der Waals surface area contributed by atoms with Gasteiger partial charge in [0.05, 0.1) is 19.3 Å². The number of rotatable bonds is 4. The number of likely N-dealkylation sites (N-methyl/N-ethyl adjacent to an activating group) is 1. The van der Waals surface area contributed by atoms with Gasteiger partial charge in [-0.2, -0.15) is 5.06 Å². The summed E-state index contributed by atoms with van der Waals surface area (Å²) in [5, 5.41) is 10.8. The van der Waals surface area contributed by atoms with Crippen LogP contribution in [-0.2, 0) is 9.63 Å². The van der Waals surface area contributed by atoms with Crippen LogP contribution in [0.25, 0.3) is 0 Å². The highest BCUT2D eigenvalue weighted by Crippen LogP contribution is 2.14. The fraction of sp³-hybridized carbons (Fsp3) is 0.462. The highest BCUT2D eigenvalue weighted by molar-refractivity contribution is 5.94. The minimum absolute atomic E-state index is 0.0298. The molecule has 1 aromatic carbocycles. The van der Waals surface area contributed by atoms with Crippen LogP contribution in [0.5, 0.6) is 0 Å². The van der Waals surface area contributed by atoms with Gasteiger partial charge in [-0.1, -0.05) is 18.2 Å². The standard InChI is InChI=1S/C13H18N2O3/c1-2-15(11-6-4-3-5-7-11)13(17)9-14-8-12(16)10-18-14/h3-7,12,16H,2,8-10H2,1H3/t12-/m1/s1. The predicted molar refractivity (Wildman–Crippen MR) is 68.0 cm³/mol. The summed E-state index contributed by atoms with van der Waals surface area (Å²) < 4.78 is 0. The molecular weight excluding hydrogens is 232 g/mol. The number of para-hydroxylation sites is 1. The third kappa shape index (κ3) is 3.07. The first-order valence-electron chi connectivity index (χ1n) is 6.12. The molecule has 1 atom stereocenters. The molecule has 0 unspecified atom stereocenters. The first-order chi connectivity index (χ1) is 8.70. The van der Waals surface area contributed by atoms with Gasteiger partial charge >= 0.3 is 0 Å². The molecule has 1 heterocycles. The van der Waals surface area contributed by atoms with Crippen molar-refractivity contribution >= 4 is 11.6 Å². The van der Waals surface area contributed by atoms with Crippen molar-refractivity contribution < 1.29 is 14.7 Å². The number of amides is 1. The van der Waals surface area contributed by atoms with Gasteiger partial charge in [-0.3, -0.25) is 9.63 Å². The number of benzene rings is 1. The van der Waals surface area contributed by atoms with E-state index in [1.807, 2.05) is 37.3 Å². The normalized spacial score (nSPS) is 20.0. The van der Waals surface area contributed by atoms with Crippen LogP contribution in [-0.4, -0.2) is 48.4 Å². The van der Waals surface area contributed by atoms with Crippen molar-refractivity contribution in [1.29, 1.82) is 0 Å². The number of carbonyl (C=O) groups excluding carboxylic acids is 1. The van der Waals surface area contributed by atoms with Crippen LogP contribution in [0, 0.1) is 0 Å². The third-order valence-corrected chi connectivity index (χ3v) is 2.86. The molecule has 1 aromatic rings. The fourth-order valence-electron chi connectivity index (χ4n) is 1.99. The van der Waals surface area contributed by atoms with Crippen molar-refractivity contribution in [2.45, 2.75) is 13.0 Å². The van der Waals surface area contributed by atoms with E-state index < -0.39 is 6.10 Å². The molecule has 2 rings (SSSR count). The lowest BCUT2D eigenvalue weighted by molar-refractivity contribution is -0.140. The number of carbonyl (C=O) groups is 1. The van der Waals surface area contributed by atoms with Crippen molar-refractivity contribution in [3.63, 3.8) is 0 Å². The number of aliphatic hydroxyl groups is 1. The van der Waals surface area contributed by atoms with Gasteiger partial charge in [0.2, 0.25) is 5.91 Å². The summed E-state index contributed by atoms with van der Waals surface area (Å²) in [6.45, 7) is 3.37. The van der Waals surface area contributed by atoms with E-state index in [9.17, 15) is 9.90 Å². The molecule has 0 saturated carbocycles. The molecule has 1 amide bonds. The number of β-amino-alcohol motifs (C(OH)–C–C–N with tert-alkyl or cyclic N) is 1. The first kappa shape index (κ1) is 13.0. The molecule has 1 aliphatic rings. The van der Waals surface area contributed by atoms with Crippen molar-refractivity contribution in [3.8, 4) is 0 Å². The van der Waals surface area contributed by atoms with E-state index >= 15 is 0 Å². The number of hydroxylamine groups is 2. The van der Waals surface area contributed by atoms with E-state index in [1.165, 1.54) is 5.06 Å². The van der Waals surface area contributed by atoms with Crippen molar-refractivity contribution in [2.75, 3.05) is 31.1 Å². The Hall–Kier alpha value is -1.43. The van der Waals surface area contributed by atoms with E-state index in [1.54, 1.807) is 4.90 Å². The van der Waals surface area contributed by atoms with Gasteiger partial charge in [0.25, 0.3) is 0 Å². The number of aliphatic hydroxyl groups excluding tert-OH is 1. The summed E-state index contributed by atoms with van der Waals surface area (Å²) in [4.78, 5) is 19.1. The second-order valence-electron chi connectivity index (χ2n) is 4.25. The van der Waals surface area contributed by atoms with Crippen LogP contribution in [0.4, 0.5) is 5.69 Å². The smallest absolute Gasteiger partial charge is 0.243 e. The Morgan fingerprint density at radius 2 is 2.22 bits per heavy atom. The molecule has 0 spiro atoms. The zero-order valence-corrected chi connectivity index (χ0v) is 10.5. The number of anilines is 1. The average Bonchev–Trinajstić information content (AvgIpc) is 2.77. The largest absolute Gasteiger partial charge is 0.389 e. The van der Waals surface area contributed by atoms with Crippen LogP contribution in [0.15, 0.2) is 30.3 Å². The Balaban J connectivity index is 1.98. The molecule has 1 N–H and O–H groups in total. The molecule has 0 aliphatic carbocycles. The quantitative estimate of drug-likeness (QED) is 0.852. The minimum atomic E-state index is -0.496. The number of hydrogen-bond acceptors (Lipinski definition) is 4. The van der Waals surface area contributed by atoms with Gasteiger partial charge in [0, 0.05) is 12.2 Å². The van der Waals surface area contributed by atoms with Crippen molar-refractivity contribution in [2.24, 2.45) is 0 Å². The third-order valence-electron chi connectivity index (χ3n) is 2.86. The summed E-state index contributed by atoms with van der Waals surface area (Å²) in [5.41, 5.74) is 0.879. The van der Waals surface area contributed by atoms with E-state index in [4.69, 9.17) is 4.84 Å². The van der Waals surface area contributed by atoms with E-state index in [0.29, 0.717) is 13.1 Å². The molecular formula is C13H18N2O3. The molecule has 1 aliphatic heterocycles. The summed E-state index contributed by atoms with van der Waals surface area (Å²) in [5.74, 6) is -0.0298. The van der Waals surface area contributed by atoms with Gasteiger partial charge in [-0.25, -0.2) is 0 Å². The van der Waals surface area contributed by atoms with Crippen LogP contribution in [0.3, 0.4) is 0 Å². The topological polar surface area (TPSA) is 53.0 Å². The molecule has 18 heavy (non-hydrogen) atoms. The summed E-state index contributed by atoms with van der Waals surface area (Å²) >= 11 is 0. The zero-order valence-electron chi connectivity index (χ0n) is 10.5. The highest BCUT2D eigenvalue weighted by Gasteiger charge is 2.25. The van der Waals surface area contributed by atoms with Crippen molar-refractivity contribution in [1.82, 2.24) is 5.06 Å². The maximum Gasteiger partial charge on any atom is 0.243 e. The van der Waals surface area contributed by atoms with Crippen molar-refractivity contribution in [3.05, 3.63) is 30.3 Å². The fourth-order valence-corrected chi connectivity index (χ4v) is 1.99. The van der Waals surface area contributed by atoms with E-state index in [2.05, 4.69) is 0 Å². The number of nitrogens with zero attached hydrogens (tertiary/aromatic N) is 2. The van der Waals surface area contributed by atoms with Gasteiger partial charge < -0.3 is 10.0 Å². The molecule has 1 saturated heterocycles. The minimum Gasteiger partial charge on any atom is -0.389 e. The Morgan fingerprint density at radius 3 is 2.78 bits per heavy atom. The molecule has 0 aromatic heterocycles. The monoisotopic (exact) mass is 250 g/mol. The summed E-state index contributed by atoms with van der Waals surface area (Å²) in [7, 11) is 0. The predicted octanol–water partition coefficient (Wildman–Crippen LogP) is 0.648. The number of hydrogen-bond donors (Lipinski definition) is 1. The Kier molecular flexibility index (Phi) is 4.30. The highest BCUT2D eigenvalue weighted by atomic mass is 16.7. The zero-order chi connectivity index (χ0) is 13.0. The lowest BCUT2D eigenvalue weighted by Gasteiger charge is -2.23. The van der Waals surface area contributed by atoms with Gasteiger partial charge in [-0.05, 0) is 19.1 Å². The maximum absolute atomic E-state index is 12.2. The Labute approximate surface area is 107 Å². The molecule has 0 bridgehead atoms. The lowest BCUT2D eigenvalue weighted by atomic mass is 10.3. The van der Waals surface area contributed by atoms with E-state index in [0.717, 1.165) is 5.69 Å². The molecule has 5 nitrogen and oxygen atoms in total. The molecule has 0 radical (unpaired) electrons. The van der Waals surface area contributed by atoms with Crippen LogP contribution >= 0.6 is 0 Å². The Morgan fingerprint density at radius 1 is 1.50 bits per heavy atom. The van der Waals surface area contributed by atoms with Gasteiger partial charge in [-0.15, -0.1) is 0 Å². The van der Waals surface area contributed by atoms with Crippen LogP contribution < -0.4 is 4.90 Å². The molecule has 98 valence electrons. The van der Waals surface area contributed by atoms with Gasteiger partial charge in [0.15, 0.2) is 0 Å². The van der Waals surface area contributed by atoms with Gasteiger partial charge in [0.1, 0.15) is 6.54 Å². The maximum atomic E-state index is 12.2.